The molecule has 0 bridgehead atoms. The Bertz CT molecular complexity index is 260. The van der Waals surface area contributed by atoms with Gasteiger partial charge in [-0.2, -0.15) is 13.5 Å². The Morgan fingerprint density at radius 3 is 2.18 bits per heavy atom. The summed E-state index contributed by atoms with van der Waals surface area (Å²) in [5.41, 5.74) is 12.3. The van der Waals surface area contributed by atoms with Crippen molar-refractivity contribution in [2.45, 2.75) is 0 Å². The molecule has 0 aliphatic heterocycles. The lowest BCUT2D eigenvalue weighted by Gasteiger charge is -2.00. The van der Waals surface area contributed by atoms with Gasteiger partial charge in [0.05, 0.1) is 0 Å². The van der Waals surface area contributed by atoms with Gasteiger partial charge >= 0.3 is 0 Å². The highest BCUT2D eigenvalue weighted by Crippen LogP contribution is 2.08. The van der Waals surface area contributed by atoms with Crippen molar-refractivity contribution in [1.82, 2.24) is 0 Å². The molecular weight excluding hydrogens is 176 g/mol. The van der Waals surface area contributed by atoms with Crippen molar-refractivity contribution < 1.29 is 0 Å². The minimum absolute atomic E-state index is 0. The molecule has 1 rings (SSSR count). The van der Waals surface area contributed by atoms with E-state index in [4.69, 9.17) is 23.7 Å². The molecular formula is C7H10N2S2. The Morgan fingerprint density at radius 1 is 1.27 bits per heavy atom. The summed E-state index contributed by atoms with van der Waals surface area (Å²) in [6.45, 7) is 0. The largest absolute Gasteiger partial charge is 0.398 e. The quantitative estimate of drug-likeness (QED) is 0.508. The van der Waals surface area contributed by atoms with Crippen LogP contribution in [-0.2, 0) is 0 Å². The Hall–Kier alpha value is -0.740. The minimum atomic E-state index is 0. The van der Waals surface area contributed by atoms with Crippen molar-refractivity contribution in [3.8, 4) is 0 Å². The number of nitrogens with two attached hydrogens (primary N) is 2. The summed E-state index contributed by atoms with van der Waals surface area (Å²) >= 11 is 4.75. The lowest BCUT2D eigenvalue weighted by molar-refractivity contribution is 1.61. The van der Waals surface area contributed by atoms with Crippen LogP contribution in [0, 0.1) is 0 Å². The van der Waals surface area contributed by atoms with Gasteiger partial charge in [-0.25, -0.2) is 0 Å². The normalized spacial score (nSPS) is 8.36. The van der Waals surface area contributed by atoms with Crippen LogP contribution in [0.15, 0.2) is 24.3 Å². The first-order valence-electron chi connectivity index (χ1n) is 2.86. The molecule has 0 fully saturated rings. The van der Waals surface area contributed by atoms with E-state index >= 15 is 0 Å². The molecule has 1 aromatic rings. The molecule has 0 saturated heterocycles. The zero-order chi connectivity index (χ0) is 7.56. The van der Waals surface area contributed by atoms with Gasteiger partial charge in [-0.1, -0.05) is 24.4 Å². The molecule has 0 aliphatic rings. The highest BCUT2D eigenvalue weighted by Gasteiger charge is 1.97. The monoisotopic (exact) mass is 186 g/mol. The lowest BCUT2D eigenvalue weighted by atomic mass is 10.2. The SMILES string of the molecule is NC(=S)c1ccccc1N.S. The van der Waals surface area contributed by atoms with Gasteiger partial charge in [0, 0.05) is 11.3 Å². The van der Waals surface area contributed by atoms with Crippen LogP contribution in [0.1, 0.15) is 5.56 Å². The number of nitrogen functional groups attached to an aromatic ring is 1. The van der Waals surface area contributed by atoms with Crippen LogP contribution in [0.4, 0.5) is 5.69 Å². The van der Waals surface area contributed by atoms with E-state index < -0.39 is 0 Å². The van der Waals surface area contributed by atoms with Crippen LogP contribution < -0.4 is 11.5 Å². The van der Waals surface area contributed by atoms with Crippen LogP contribution in [0.5, 0.6) is 0 Å². The Balaban J connectivity index is 0.000001000. The Labute approximate surface area is 78.0 Å². The van der Waals surface area contributed by atoms with Crippen LogP contribution in [0.25, 0.3) is 0 Å². The van der Waals surface area contributed by atoms with E-state index in [9.17, 15) is 0 Å². The van der Waals surface area contributed by atoms with Gasteiger partial charge in [0.1, 0.15) is 4.99 Å². The number of benzene rings is 1. The fourth-order valence-electron chi connectivity index (χ4n) is 0.721. The maximum Gasteiger partial charge on any atom is 0.106 e. The van der Waals surface area contributed by atoms with Crippen molar-refractivity contribution >= 4 is 36.4 Å². The molecule has 0 aliphatic carbocycles. The average molecular weight is 186 g/mol. The number of para-hydroxylation sites is 1. The third-order valence-corrected chi connectivity index (χ3v) is 1.45. The smallest absolute Gasteiger partial charge is 0.106 e. The van der Waals surface area contributed by atoms with Gasteiger partial charge in [0.15, 0.2) is 0 Å². The summed E-state index contributed by atoms with van der Waals surface area (Å²) in [6, 6.07) is 7.27. The van der Waals surface area contributed by atoms with E-state index in [0.717, 1.165) is 5.56 Å². The molecule has 1 aromatic carbocycles. The van der Waals surface area contributed by atoms with Gasteiger partial charge in [0.25, 0.3) is 0 Å². The van der Waals surface area contributed by atoms with Gasteiger partial charge in [-0.15, -0.1) is 0 Å². The molecule has 0 saturated carbocycles. The first-order valence-corrected chi connectivity index (χ1v) is 3.27. The second kappa shape index (κ2) is 4.20. The number of hydrogen-bond donors (Lipinski definition) is 2. The topological polar surface area (TPSA) is 52.0 Å². The van der Waals surface area contributed by atoms with Crippen LogP contribution >= 0.6 is 25.7 Å². The number of thiocarbonyl (C=S) groups is 1. The first kappa shape index (κ1) is 10.3. The summed E-state index contributed by atoms with van der Waals surface area (Å²) in [6.07, 6.45) is 0. The lowest BCUT2D eigenvalue weighted by Crippen LogP contribution is -2.11. The molecule has 0 amide bonds. The summed E-state index contributed by atoms with van der Waals surface area (Å²) in [5, 5.41) is 0. The van der Waals surface area contributed by atoms with E-state index in [1.807, 2.05) is 12.1 Å². The highest BCUT2D eigenvalue weighted by atomic mass is 32.1. The second-order valence-corrected chi connectivity index (χ2v) is 2.39. The zero-order valence-electron chi connectivity index (χ0n) is 5.87. The summed E-state index contributed by atoms with van der Waals surface area (Å²) in [7, 11) is 0. The van der Waals surface area contributed by atoms with Crippen molar-refractivity contribution in [1.29, 1.82) is 0 Å². The average Bonchev–Trinajstić information content (AvgIpc) is 1.88. The molecule has 0 heterocycles. The molecule has 0 aromatic heterocycles. The van der Waals surface area contributed by atoms with Crippen molar-refractivity contribution in [2.75, 3.05) is 5.73 Å². The van der Waals surface area contributed by atoms with Gasteiger partial charge in [0.2, 0.25) is 0 Å². The molecule has 0 unspecified atom stereocenters. The molecule has 4 N–H and O–H groups in total. The van der Waals surface area contributed by atoms with Gasteiger partial charge in [-0.05, 0) is 12.1 Å². The van der Waals surface area contributed by atoms with E-state index in [1.54, 1.807) is 12.1 Å². The maximum atomic E-state index is 5.55. The van der Waals surface area contributed by atoms with Crippen molar-refractivity contribution in [2.24, 2.45) is 5.73 Å². The van der Waals surface area contributed by atoms with Gasteiger partial charge in [-0.3, -0.25) is 0 Å². The Kier molecular flexibility index (Phi) is 3.92. The highest BCUT2D eigenvalue weighted by molar-refractivity contribution is 7.80. The molecule has 0 spiro atoms. The van der Waals surface area contributed by atoms with E-state index in [2.05, 4.69) is 0 Å². The van der Waals surface area contributed by atoms with Gasteiger partial charge < -0.3 is 11.5 Å². The molecule has 60 valence electrons. The number of rotatable bonds is 1. The fourth-order valence-corrected chi connectivity index (χ4v) is 0.907. The predicted molar refractivity (Wildman–Crippen MR) is 57.1 cm³/mol. The summed E-state index contributed by atoms with van der Waals surface area (Å²) in [4.78, 5) is 0.345. The van der Waals surface area contributed by atoms with E-state index in [1.165, 1.54) is 0 Å². The molecule has 11 heavy (non-hydrogen) atoms. The number of hydrogen-bond acceptors (Lipinski definition) is 2. The predicted octanol–water partition coefficient (Wildman–Crippen LogP) is 1.02. The summed E-state index contributed by atoms with van der Waals surface area (Å²) in [5.74, 6) is 0. The number of anilines is 1. The van der Waals surface area contributed by atoms with Crippen molar-refractivity contribution in [3.63, 3.8) is 0 Å². The van der Waals surface area contributed by atoms with Crippen LogP contribution in [-0.4, -0.2) is 4.99 Å². The van der Waals surface area contributed by atoms with Crippen LogP contribution in [0.2, 0.25) is 0 Å². The second-order valence-electron chi connectivity index (χ2n) is 1.95. The van der Waals surface area contributed by atoms with Crippen LogP contribution in [0.3, 0.4) is 0 Å². The first-order chi connectivity index (χ1) is 4.72. The standard InChI is InChI=1S/C7H8N2S.H2S/c8-6-4-2-1-3-5(6)7(9)10;/h1-4H,8H2,(H2,9,10);1H2. The molecule has 0 radical (unpaired) electrons. The molecule has 0 atom stereocenters. The molecule has 2 nitrogen and oxygen atoms in total. The fraction of sp³-hybridized carbons (Fsp3) is 0. The maximum absolute atomic E-state index is 5.55. The zero-order valence-corrected chi connectivity index (χ0v) is 7.69. The van der Waals surface area contributed by atoms with Crippen molar-refractivity contribution in [3.05, 3.63) is 29.8 Å². The third kappa shape index (κ3) is 2.40. The van der Waals surface area contributed by atoms with E-state index in [0.29, 0.717) is 10.7 Å². The third-order valence-electron chi connectivity index (χ3n) is 1.23. The molecule has 4 heteroatoms. The minimum Gasteiger partial charge on any atom is -0.398 e. The summed E-state index contributed by atoms with van der Waals surface area (Å²) < 4.78 is 0. The Morgan fingerprint density at radius 2 is 1.82 bits per heavy atom. The van der Waals surface area contributed by atoms with E-state index in [-0.39, 0.29) is 13.5 Å².